The molecular formula is C48H47ClN4O2+4. The van der Waals surface area contributed by atoms with Crippen LogP contribution in [0.4, 0.5) is 0 Å². The Bertz CT molecular complexity index is 2390. The van der Waals surface area contributed by atoms with Crippen LogP contribution in [0.5, 0.6) is 11.5 Å². The maximum atomic E-state index is 6.48. The molecule has 7 heteroatoms. The summed E-state index contributed by atoms with van der Waals surface area (Å²) in [6.07, 6.45) is 17.1. The molecule has 12 bridgehead atoms. The molecule has 15 rings (SSSR count). The van der Waals surface area contributed by atoms with E-state index < -0.39 is 0 Å². The molecule has 3 aromatic carbocycles. The van der Waals surface area contributed by atoms with Crippen LogP contribution in [0.25, 0.3) is 33.4 Å². The maximum absolute atomic E-state index is 6.48. The van der Waals surface area contributed by atoms with E-state index in [-0.39, 0.29) is 5.41 Å². The van der Waals surface area contributed by atoms with Gasteiger partial charge in [0.05, 0.1) is 5.02 Å². The first-order chi connectivity index (χ1) is 26.7. The van der Waals surface area contributed by atoms with E-state index in [9.17, 15) is 0 Å². The topological polar surface area (TPSA) is 34.0 Å². The molecule has 0 N–H and O–H groups in total. The summed E-state index contributed by atoms with van der Waals surface area (Å²) in [7, 11) is 0. The first kappa shape index (κ1) is 36.1. The van der Waals surface area contributed by atoms with Gasteiger partial charge in [0, 0.05) is 65.7 Å². The van der Waals surface area contributed by atoms with Crippen molar-refractivity contribution in [1.29, 1.82) is 0 Å². The second-order valence-corrected chi connectivity index (χ2v) is 15.7. The second kappa shape index (κ2) is 15.9. The van der Waals surface area contributed by atoms with Crippen molar-refractivity contribution in [2.24, 2.45) is 0 Å². The van der Waals surface area contributed by atoms with Crippen LogP contribution < -0.4 is 27.7 Å². The summed E-state index contributed by atoms with van der Waals surface area (Å²) < 4.78 is 21.0. The third-order valence-corrected chi connectivity index (χ3v) is 10.5. The minimum atomic E-state index is 0.109. The molecular weight excluding hydrogens is 700 g/mol. The van der Waals surface area contributed by atoms with Gasteiger partial charge in [-0.15, -0.1) is 0 Å². The summed E-state index contributed by atoms with van der Waals surface area (Å²) in [4.78, 5) is 0. The number of benzene rings is 3. The zero-order valence-electron chi connectivity index (χ0n) is 31.7. The Morgan fingerprint density at radius 3 is 1.36 bits per heavy atom. The molecule has 55 heavy (non-hydrogen) atoms. The largest absolute Gasteiger partial charge is 0.487 e. The van der Waals surface area contributed by atoms with Crippen LogP contribution in [-0.4, -0.2) is 13.2 Å². The van der Waals surface area contributed by atoms with Gasteiger partial charge in [0.25, 0.3) is 0 Å². The first-order valence-corrected chi connectivity index (χ1v) is 19.4. The standard InChI is InChI=1S/C48H47ClN4O2/c1-48(2,3)44-6-4-38(5-7-44)43-31-36-30-37(32-43)35-53-24-16-42(17-25-53)40-12-20-51(21-13-40)27-29-55-47-33-45(8-9-46(47)49)54-28-26-50-18-10-39(11-19-50)41-14-22-52(34-36)23-15-41/h4-25,30-33H,26-29,34-35H2,1-3H3/q+4. The Kier molecular flexibility index (Phi) is 10.4. The Hall–Kier alpha value is -5.85. The van der Waals surface area contributed by atoms with E-state index in [0.29, 0.717) is 37.1 Å². The van der Waals surface area contributed by atoms with Crippen LogP contribution in [0.1, 0.15) is 37.5 Å². The average molecular weight is 747 g/mol. The molecule has 0 saturated heterocycles. The smallest absolute Gasteiger partial charge is 0.182 e. The van der Waals surface area contributed by atoms with Gasteiger partial charge in [-0.05, 0) is 74.7 Å². The molecule has 274 valence electrons. The highest BCUT2D eigenvalue weighted by molar-refractivity contribution is 6.32. The van der Waals surface area contributed by atoms with Crippen LogP contribution in [0.15, 0.2) is 159 Å². The molecule has 8 aliphatic rings. The number of halogens is 1. The van der Waals surface area contributed by atoms with Crippen molar-refractivity contribution < 1.29 is 27.7 Å². The van der Waals surface area contributed by atoms with Gasteiger partial charge < -0.3 is 9.47 Å². The second-order valence-electron chi connectivity index (χ2n) is 15.3. The SMILES string of the molecule is CC(C)(C)c1ccc(-c2cc3cc(c2)C[n+]2ccc(cc2)-c2cc[n+](cc2)CCOc2cc(ccc2Cl)OCC[n+]2ccc(cc2)-c2cc[n+](cc2)C3)cc1. The van der Waals surface area contributed by atoms with Crippen LogP contribution in [0.3, 0.4) is 0 Å². The Morgan fingerprint density at radius 1 is 0.455 bits per heavy atom. The van der Waals surface area contributed by atoms with E-state index in [1.807, 2.05) is 18.2 Å². The molecule has 8 aliphatic heterocycles. The predicted octanol–water partition coefficient (Wildman–Crippen LogP) is 8.36. The average Bonchev–Trinajstić information content (AvgIpc) is 3.19. The summed E-state index contributed by atoms with van der Waals surface area (Å²) in [5.41, 5.74) is 11.1. The fraction of sp³-hybridized carbons (Fsp3) is 0.208. The molecule has 6 nitrogen and oxygen atoms in total. The van der Waals surface area contributed by atoms with Gasteiger partial charge in [-0.1, -0.05) is 56.6 Å². The highest BCUT2D eigenvalue weighted by atomic mass is 35.5. The van der Waals surface area contributed by atoms with Crippen molar-refractivity contribution in [2.75, 3.05) is 13.2 Å². The monoisotopic (exact) mass is 746 g/mol. The molecule has 4 aromatic heterocycles. The molecule has 0 spiro atoms. The summed E-state index contributed by atoms with van der Waals surface area (Å²) in [6.45, 7) is 10.7. The van der Waals surface area contributed by atoms with Gasteiger partial charge >= 0.3 is 0 Å². The molecule has 0 amide bonds. The summed E-state index contributed by atoms with van der Waals surface area (Å²) in [5, 5.41) is 0.565. The number of pyridine rings is 4. The molecule has 0 fully saturated rings. The third-order valence-electron chi connectivity index (χ3n) is 10.2. The van der Waals surface area contributed by atoms with Crippen molar-refractivity contribution in [2.45, 2.75) is 52.4 Å². The number of hydrogen-bond acceptors (Lipinski definition) is 2. The van der Waals surface area contributed by atoms with Gasteiger partial charge in [0.1, 0.15) is 24.7 Å². The zero-order chi connectivity index (χ0) is 37.8. The lowest BCUT2D eigenvalue weighted by Crippen LogP contribution is -2.36. The van der Waals surface area contributed by atoms with E-state index in [1.165, 1.54) is 44.5 Å². The molecule has 0 saturated carbocycles. The summed E-state index contributed by atoms with van der Waals surface area (Å²) in [6, 6.07) is 39.1. The quantitative estimate of drug-likeness (QED) is 0.158. The summed E-state index contributed by atoms with van der Waals surface area (Å²) >= 11 is 6.48. The van der Waals surface area contributed by atoms with Crippen molar-refractivity contribution in [3.8, 4) is 44.9 Å². The van der Waals surface area contributed by atoms with E-state index in [1.54, 1.807) is 0 Å². The minimum Gasteiger partial charge on any atom is -0.487 e. The number of aromatic nitrogens is 4. The van der Waals surface area contributed by atoms with E-state index in [0.717, 1.165) is 24.4 Å². The molecule has 0 atom stereocenters. The van der Waals surface area contributed by atoms with Crippen LogP contribution >= 0.6 is 11.6 Å². The number of nitrogens with zero attached hydrogens (tertiary/aromatic N) is 4. The van der Waals surface area contributed by atoms with Gasteiger partial charge in [0.15, 0.2) is 75.8 Å². The van der Waals surface area contributed by atoms with Crippen molar-refractivity contribution in [3.63, 3.8) is 0 Å². The number of rotatable bonds is 1. The van der Waals surface area contributed by atoms with Crippen LogP contribution in [0, 0.1) is 0 Å². The van der Waals surface area contributed by atoms with Crippen molar-refractivity contribution in [3.05, 3.63) is 180 Å². The van der Waals surface area contributed by atoms with E-state index >= 15 is 0 Å². The van der Waals surface area contributed by atoms with Gasteiger partial charge in [-0.2, -0.15) is 0 Å². The molecule has 0 radical (unpaired) electrons. The Morgan fingerprint density at radius 2 is 0.891 bits per heavy atom. The molecule has 0 aliphatic carbocycles. The Labute approximate surface area is 329 Å². The Balaban J connectivity index is 1.10. The lowest BCUT2D eigenvalue weighted by Gasteiger charge is -2.19. The zero-order valence-corrected chi connectivity index (χ0v) is 32.5. The van der Waals surface area contributed by atoms with E-state index in [2.05, 4.69) is 180 Å². The van der Waals surface area contributed by atoms with Gasteiger partial charge in [-0.3, -0.25) is 0 Å². The first-order valence-electron chi connectivity index (χ1n) is 19.0. The highest BCUT2D eigenvalue weighted by Crippen LogP contribution is 2.30. The van der Waals surface area contributed by atoms with Gasteiger partial charge in [0.2, 0.25) is 0 Å². The van der Waals surface area contributed by atoms with Crippen LogP contribution in [0.2, 0.25) is 5.02 Å². The third kappa shape index (κ3) is 8.93. The molecule has 12 heterocycles. The molecule has 7 aromatic rings. The maximum Gasteiger partial charge on any atom is 0.182 e. The highest BCUT2D eigenvalue weighted by Gasteiger charge is 2.16. The normalized spacial score (nSPS) is 13.3. The lowest BCUT2D eigenvalue weighted by molar-refractivity contribution is -0.697. The predicted molar refractivity (Wildman–Crippen MR) is 216 cm³/mol. The van der Waals surface area contributed by atoms with Gasteiger partial charge in [-0.25, -0.2) is 18.3 Å². The van der Waals surface area contributed by atoms with Crippen molar-refractivity contribution >= 4 is 11.6 Å². The minimum absolute atomic E-state index is 0.109. The number of ether oxygens (including phenoxy) is 2. The fourth-order valence-corrected chi connectivity index (χ4v) is 7.19. The van der Waals surface area contributed by atoms with Crippen molar-refractivity contribution in [1.82, 2.24) is 0 Å². The van der Waals surface area contributed by atoms with Crippen LogP contribution in [-0.2, 0) is 31.6 Å². The number of hydrogen-bond donors (Lipinski definition) is 0. The summed E-state index contributed by atoms with van der Waals surface area (Å²) in [5.74, 6) is 1.35. The van der Waals surface area contributed by atoms with E-state index in [4.69, 9.17) is 21.1 Å². The molecule has 0 unspecified atom stereocenters. The lowest BCUT2D eigenvalue weighted by atomic mass is 9.86. The fourth-order valence-electron chi connectivity index (χ4n) is 7.02.